The van der Waals surface area contributed by atoms with E-state index in [2.05, 4.69) is 5.32 Å². The Labute approximate surface area is 126 Å². The van der Waals surface area contributed by atoms with Crippen LogP contribution in [0.2, 0.25) is 0 Å². The number of hydrogen-bond acceptors (Lipinski definition) is 4. The van der Waals surface area contributed by atoms with Crippen LogP contribution in [0.4, 0.5) is 0 Å². The molecule has 5 nitrogen and oxygen atoms in total. The Morgan fingerprint density at radius 3 is 2.45 bits per heavy atom. The van der Waals surface area contributed by atoms with E-state index in [-0.39, 0.29) is 37.0 Å². The fourth-order valence-corrected chi connectivity index (χ4v) is 1.69. The molecule has 0 fully saturated rings. The van der Waals surface area contributed by atoms with E-state index in [1.54, 1.807) is 7.11 Å². The molecule has 1 amide bonds. The zero-order valence-corrected chi connectivity index (χ0v) is 13.1. The van der Waals surface area contributed by atoms with E-state index < -0.39 is 0 Å². The van der Waals surface area contributed by atoms with Crippen molar-refractivity contribution in [3.8, 4) is 11.5 Å². The van der Waals surface area contributed by atoms with Gasteiger partial charge in [-0.05, 0) is 38.5 Å². The third kappa shape index (κ3) is 5.27. The zero-order valence-electron chi connectivity index (χ0n) is 12.3. The average Bonchev–Trinajstić information content (AvgIpc) is 2.38. The molecule has 20 heavy (non-hydrogen) atoms. The third-order valence-corrected chi connectivity index (χ3v) is 2.61. The Morgan fingerprint density at radius 2 is 1.95 bits per heavy atom. The van der Waals surface area contributed by atoms with E-state index in [0.29, 0.717) is 11.5 Å². The van der Waals surface area contributed by atoms with E-state index >= 15 is 0 Å². The van der Waals surface area contributed by atoms with Crippen LogP contribution in [0, 0.1) is 0 Å². The summed E-state index contributed by atoms with van der Waals surface area (Å²) in [5.41, 5.74) is 6.22. The van der Waals surface area contributed by atoms with Crippen LogP contribution in [-0.4, -0.2) is 25.7 Å². The van der Waals surface area contributed by atoms with Crippen molar-refractivity contribution in [2.45, 2.75) is 32.9 Å². The Balaban J connectivity index is 0.00000361. The second-order valence-electron chi connectivity index (χ2n) is 4.57. The number of nitrogens with one attached hydrogen (secondary N) is 1. The maximum Gasteiger partial charge on any atom is 0.234 e. The summed E-state index contributed by atoms with van der Waals surface area (Å²) < 4.78 is 10.9. The molecule has 0 radical (unpaired) electrons. The predicted octanol–water partition coefficient (Wildman–Crippen LogP) is 2.04. The number of carbonyl (C=O) groups excluding carboxylic acids is 1. The molecule has 0 aliphatic heterocycles. The van der Waals surface area contributed by atoms with Gasteiger partial charge in [-0.2, -0.15) is 0 Å². The Hall–Kier alpha value is -1.46. The summed E-state index contributed by atoms with van der Waals surface area (Å²) in [6.07, 6.45) is 0.0779. The SMILES string of the molecule is COc1cc(C(C)NC(=O)CN)ccc1OC(C)C.Cl. The molecule has 0 saturated carbocycles. The summed E-state index contributed by atoms with van der Waals surface area (Å²) in [6.45, 7) is 5.79. The van der Waals surface area contributed by atoms with Gasteiger partial charge in [-0.15, -0.1) is 12.4 Å². The molecule has 6 heteroatoms. The summed E-state index contributed by atoms with van der Waals surface area (Å²) in [5, 5.41) is 2.80. The van der Waals surface area contributed by atoms with Crippen LogP contribution in [0.1, 0.15) is 32.4 Å². The maximum atomic E-state index is 11.3. The maximum absolute atomic E-state index is 11.3. The average molecular weight is 303 g/mol. The van der Waals surface area contributed by atoms with Crippen LogP contribution in [0.25, 0.3) is 0 Å². The molecule has 0 spiro atoms. The standard InChI is InChI=1S/C14H22N2O3.ClH/c1-9(2)19-12-6-5-11(7-13(12)18-4)10(3)16-14(17)8-15;/h5-7,9-10H,8,15H2,1-4H3,(H,16,17);1H. The molecule has 0 aliphatic rings. The molecule has 3 N–H and O–H groups in total. The van der Waals surface area contributed by atoms with Crippen LogP contribution in [0.3, 0.4) is 0 Å². The largest absolute Gasteiger partial charge is 0.493 e. The lowest BCUT2D eigenvalue weighted by atomic mass is 10.1. The lowest BCUT2D eigenvalue weighted by molar-refractivity contribution is -0.120. The minimum absolute atomic E-state index is 0. The molecule has 1 aromatic carbocycles. The fraction of sp³-hybridized carbons (Fsp3) is 0.500. The topological polar surface area (TPSA) is 73.6 Å². The fourth-order valence-electron chi connectivity index (χ4n) is 1.69. The van der Waals surface area contributed by atoms with Crippen molar-refractivity contribution in [1.29, 1.82) is 0 Å². The summed E-state index contributed by atoms with van der Waals surface area (Å²) in [7, 11) is 1.59. The Morgan fingerprint density at radius 1 is 1.30 bits per heavy atom. The molecule has 0 bridgehead atoms. The van der Waals surface area contributed by atoms with Gasteiger partial charge in [0.15, 0.2) is 11.5 Å². The Kier molecular flexibility index (Phi) is 8.03. The van der Waals surface area contributed by atoms with Gasteiger partial charge in [-0.1, -0.05) is 6.07 Å². The molecule has 1 aromatic rings. The van der Waals surface area contributed by atoms with Crippen molar-refractivity contribution in [3.05, 3.63) is 23.8 Å². The highest BCUT2D eigenvalue weighted by atomic mass is 35.5. The van der Waals surface area contributed by atoms with Crippen molar-refractivity contribution >= 4 is 18.3 Å². The molecule has 1 atom stereocenters. The van der Waals surface area contributed by atoms with Gasteiger partial charge in [0.25, 0.3) is 0 Å². The van der Waals surface area contributed by atoms with E-state index in [1.165, 1.54) is 0 Å². The quantitative estimate of drug-likeness (QED) is 0.843. The monoisotopic (exact) mass is 302 g/mol. The molecule has 114 valence electrons. The molecular weight excluding hydrogens is 280 g/mol. The number of rotatable bonds is 6. The van der Waals surface area contributed by atoms with Gasteiger partial charge in [-0.25, -0.2) is 0 Å². The zero-order chi connectivity index (χ0) is 14.4. The van der Waals surface area contributed by atoms with Crippen LogP contribution in [0.5, 0.6) is 11.5 Å². The van der Waals surface area contributed by atoms with Crippen molar-refractivity contribution in [2.24, 2.45) is 5.73 Å². The number of ether oxygens (including phenoxy) is 2. The first-order valence-corrected chi connectivity index (χ1v) is 6.32. The third-order valence-electron chi connectivity index (χ3n) is 2.61. The van der Waals surface area contributed by atoms with Crippen LogP contribution >= 0.6 is 12.4 Å². The van der Waals surface area contributed by atoms with Gasteiger partial charge in [0.1, 0.15) is 0 Å². The van der Waals surface area contributed by atoms with E-state index in [9.17, 15) is 4.79 Å². The first-order valence-electron chi connectivity index (χ1n) is 6.32. The van der Waals surface area contributed by atoms with Crippen LogP contribution in [-0.2, 0) is 4.79 Å². The van der Waals surface area contributed by atoms with Gasteiger partial charge >= 0.3 is 0 Å². The number of methoxy groups -OCH3 is 1. The van der Waals surface area contributed by atoms with Gasteiger partial charge in [0.2, 0.25) is 5.91 Å². The number of carbonyl (C=O) groups is 1. The van der Waals surface area contributed by atoms with Gasteiger partial charge < -0.3 is 20.5 Å². The molecule has 0 heterocycles. The Bertz CT molecular complexity index is 438. The number of amides is 1. The molecule has 0 saturated heterocycles. The highest BCUT2D eigenvalue weighted by molar-refractivity contribution is 5.85. The highest BCUT2D eigenvalue weighted by Gasteiger charge is 2.12. The first kappa shape index (κ1) is 18.5. The lowest BCUT2D eigenvalue weighted by Gasteiger charge is -2.18. The summed E-state index contributed by atoms with van der Waals surface area (Å²) >= 11 is 0. The first-order chi connectivity index (χ1) is 8.97. The molecule has 0 aliphatic carbocycles. The molecule has 1 rings (SSSR count). The molecule has 0 aromatic heterocycles. The number of nitrogens with two attached hydrogens (primary N) is 1. The number of hydrogen-bond donors (Lipinski definition) is 2. The van der Waals surface area contributed by atoms with Gasteiger partial charge in [0.05, 0.1) is 25.8 Å². The normalized spacial score (nSPS) is 11.5. The number of halogens is 1. The van der Waals surface area contributed by atoms with Crippen molar-refractivity contribution in [2.75, 3.05) is 13.7 Å². The van der Waals surface area contributed by atoms with Crippen molar-refractivity contribution in [1.82, 2.24) is 5.32 Å². The summed E-state index contributed by atoms with van der Waals surface area (Å²) in [6, 6.07) is 5.48. The second kappa shape index (κ2) is 8.66. The summed E-state index contributed by atoms with van der Waals surface area (Å²) in [4.78, 5) is 11.3. The predicted molar refractivity (Wildman–Crippen MR) is 81.6 cm³/mol. The van der Waals surface area contributed by atoms with E-state index in [1.807, 2.05) is 39.0 Å². The molecular formula is C14H23ClN2O3. The minimum atomic E-state index is -0.186. The van der Waals surface area contributed by atoms with Crippen LogP contribution < -0.4 is 20.5 Å². The number of benzene rings is 1. The van der Waals surface area contributed by atoms with Crippen LogP contribution in [0.15, 0.2) is 18.2 Å². The van der Waals surface area contributed by atoms with E-state index in [4.69, 9.17) is 15.2 Å². The van der Waals surface area contributed by atoms with Crippen molar-refractivity contribution in [3.63, 3.8) is 0 Å². The summed E-state index contributed by atoms with van der Waals surface area (Å²) in [5.74, 6) is 1.16. The van der Waals surface area contributed by atoms with E-state index in [0.717, 1.165) is 5.56 Å². The second-order valence-corrected chi connectivity index (χ2v) is 4.57. The van der Waals surface area contributed by atoms with Gasteiger partial charge in [-0.3, -0.25) is 4.79 Å². The lowest BCUT2D eigenvalue weighted by Crippen LogP contribution is -2.32. The molecule has 1 unspecified atom stereocenters. The van der Waals surface area contributed by atoms with Gasteiger partial charge in [0, 0.05) is 0 Å². The van der Waals surface area contributed by atoms with Crippen molar-refractivity contribution < 1.29 is 14.3 Å². The smallest absolute Gasteiger partial charge is 0.234 e. The minimum Gasteiger partial charge on any atom is -0.493 e. The highest BCUT2D eigenvalue weighted by Crippen LogP contribution is 2.30.